The molecule has 11 atom stereocenters. The van der Waals surface area contributed by atoms with Crippen molar-refractivity contribution in [3.8, 4) is 0 Å². The highest BCUT2D eigenvalue weighted by atomic mass is 16.4. The fourth-order valence-corrected chi connectivity index (χ4v) is 10.6. The molecule has 0 aliphatic heterocycles. The van der Waals surface area contributed by atoms with E-state index in [1.165, 1.54) is 5.57 Å². The van der Waals surface area contributed by atoms with Gasteiger partial charge in [0, 0.05) is 5.41 Å². The second-order valence-electron chi connectivity index (χ2n) is 14.1. The molecule has 0 aromatic carbocycles. The molecule has 34 heavy (non-hydrogen) atoms. The van der Waals surface area contributed by atoms with Crippen LogP contribution in [-0.2, 0) is 4.79 Å². The number of carboxylic acids is 1. The molecule has 5 nitrogen and oxygen atoms in total. The summed E-state index contributed by atoms with van der Waals surface area (Å²) in [4.78, 5) is 12.7. The van der Waals surface area contributed by atoms with Gasteiger partial charge >= 0.3 is 5.97 Å². The molecule has 0 radical (unpaired) electrons. The van der Waals surface area contributed by atoms with Gasteiger partial charge in [0.25, 0.3) is 0 Å². The van der Waals surface area contributed by atoms with Crippen LogP contribution in [0.3, 0.4) is 0 Å². The van der Waals surface area contributed by atoms with E-state index in [-0.39, 0.29) is 34.7 Å². The highest BCUT2D eigenvalue weighted by Crippen LogP contribution is 2.75. The Labute approximate surface area is 205 Å². The first-order valence-electron chi connectivity index (χ1n) is 13.7. The molecule has 5 heteroatoms. The molecule has 5 aliphatic rings. The van der Waals surface area contributed by atoms with E-state index in [2.05, 4.69) is 33.8 Å². The van der Waals surface area contributed by atoms with Crippen LogP contribution in [0, 0.1) is 50.7 Å². The molecule has 0 aromatic heterocycles. The molecule has 0 amide bonds. The van der Waals surface area contributed by atoms with Crippen molar-refractivity contribution in [1.29, 1.82) is 0 Å². The van der Waals surface area contributed by atoms with Crippen LogP contribution in [0.5, 0.6) is 0 Å². The van der Waals surface area contributed by atoms with E-state index in [0.717, 1.165) is 51.4 Å². The summed E-state index contributed by atoms with van der Waals surface area (Å²) in [6.07, 6.45) is 8.54. The number of aliphatic carboxylic acids is 1. The van der Waals surface area contributed by atoms with Crippen LogP contribution in [0.2, 0.25) is 0 Å². The third-order valence-electron chi connectivity index (χ3n) is 12.9. The molecule has 0 unspecified atom stereocenters. The van der Waals surface area contributed by atoms with Crippen molar-refractivity contribution in [2.24, 2.45) is 50.7 Å². The molecule has 5 rings (SSSR count). The summed E-state index contributed by atoms with van der Waals surface area (Å²) in [6.45, 7) is 11.3. The Morgan fingerprint density at radius 1 is 1.03 bits per heavy atom. The van der Waals surface area contributed by atoms with E-state index in [1.54, 1.807) is 0 Å². The standard InChI is InChI=1S/C29H46O5/c1-17-8-11-29(24(33)34)13-12-27(4)18(19(29)14-17)6-7-22-25(2)15-20(31)23(32)26(3,16-30)21(25)9-10-28(22,27)5/h6,17,19-23,30-32H,7-16H2,1-5H3,(H,33,34)/t17-,19+,20-,21-,22-,23+,25+,26+,27-,28-,29+/m1/s1. The first kappa shape index (κ1) is 24.8. The third kappa shape index (κ3) is 2.81. The molecule has 0 heterocycles. The molecule has 4 fully saturated rings. The van der Waals surface area contributed by atoms with Gasteiger partial charge < -0.3 is 20.4 Å². The van der Waals surface area contributed by atoms with E-state index >= 15 is 0 Å². The molecular weight excluding hydrogens is 428 g/mol. The minimum atomic E-state index is -0.903. The summed E-state index contributed by atoms with van der Waals surface area (Å²) in [5, 5.41) is 42.7. The molecule has 0 aromatic rings. The highest BCUT2D eigenvalue weighted by Gasteiger charge is 2.70. The van der Waals surface area contributed by atoms with Gasteiger partial charge in [0.15, 0.2) is 0 Å². The summed E-state index contributed by atoms with van der Waals surface area (Å²) in [5.41, 5.74) is -0.136. The molecule has 4 saturated carbocycles. The van der Waals surface area contributed by atoms with Gasteiger partial charge in [-0.3, -0.25) is 4.79 Å². The number of carbonyl (C=O) groups is 1. The average Bonchev–Trinajstić information content (AvgIpc) is 2.77. The van der Waals surface area contributed by atoms with Crippen LogP contribution in [0.25, 0.3) is 0 Å². The fourth-order valence-electron chi connectivity index (χ4n) is 10.6. The third-order valence-corrected chi connectivity index (χ3v) is 12.9. The minimum Gasteiger partial charge on any atom is -0.481 e. The van der Waals surface area contributed by atoms with E-state index < -0.39 is 29.0 Å². The zero-order chi connectivity index (χ0) is 24.9. The lowest BCUT2D eigenvalue weighted by Crippen LogP contribution is -2.68. The first-order chi connectivity index (χ1) is 15.8. The minimum absolute atomic E-state index is 0.00601. The van der Waals surface area contributed by atoms with Gasteiger partial charge in [-0.1, -0.05) is 46.3 Å². The number of rotatable bonds is 2. The lowest BCUT2D eigenvalue weighted by Gasteiger charge is -2.71. The average molecular weight is 475 g/mol. The van der Waals surface area contributed by atoms with Crippen molar-refractivity contribution in [2.45, 2.75) is 105 Å². The molecule has 0 bridgehead atoms. The van der Waals surface area contributed by atoms with Crippen molar-refractivity contribution in [2.75, 3.05) is 6.61 Å². The van der Waals surface area contributed by atoms with Gasteiger partial charge in [0.05, 0.1) is 24.2 Å². The normalized spacial score (nSPS) is 56.9. The van der Waals surface area contributed by atoms with Crippen LogP contribution >= 0.6 is 0 Å². The van der Waals surface area contributed by atoms with E-state index in [9.17, 15) is 25.2 Å². The predicted molar refractivity (Wildman–Crippen MR) is 131 cm³/mol. The van der Waals surface area contributed by atoms with Gasteiger partial charge in [-0.05, 0) is 97.7 Å². The quantitative estimate of drug-likeness (QED) is 0.432. The monoisotopic (exact) mass is 474 g/mol. The number of hydrogen-bond acceptors (Lipinski definition) is 4. The fraction of sp³-hybridized carbons (Fsp3) is 0.897. The second kappa shape index (κ2) is 7.55. The molecular formula is C29H46O5. The van der Waals surface area contributed by atoms with Crippen LogP contribution in [0.15, 0.2) is 11.6 Å². The summed E-state index contributed by atoms with van der Waals surface area (Å²) in [7, 11) is 0. The Morgan fingerprint density at radius 2 is 1.74 bits per heavy atom. The number of hydrogen-bond donors (Lipinski definition) is 4. The Hall–Kier alpha value is -0.910. The zero-order valence-electron chi connectivity index (χ0n) is 21.8. The Balaban J connectivity index is 1.60. The number of aliphatic hydroxyl groups excluding tert-OH is 3. The predicted octanol–water partition coefficient (Wildman–Crippen LogP) is 4.79. The van der Waals surface area contributed by atoms with Gasteiger partial charge in [-0.2, -0.15) is 0 Å². The summed E-state index contributed by atoms with van der Waals surface area (Å²) >= 11 is 0. The maximum absolute atomic E-state index is 12.7. The van der Waals surface area contributed by atoms with Crippen LogP contribution < -0.4 is 0 Å². The van der Waals surface area contributed by atoms with Crippen molar-refractivity contribution >= 4 is 5.97 Å². The lowest BCUT2D eigenvalue weighted by atomic mass is 9.33. The van der Waals surface area contributed by atoms with Gasteiger partial charge in [-0.15, -0.1) is 0 Å². The van der Waals surface area contributed by atoms with Crippen LogP contribution in [0.1, 0.15) is 92.4 Å². The topological polar surface area (TPSA) is 98.0 Å². The Morgan fingerprint density at radius 3 is 2.38 bits per heavy atom. The molecule has 192 valence electrons. The lowest BCUT2D eigenvalue weighted by molar-refractivity contribution is -0.243. The molecule has 4 N–H and O–H groups in total. The van der Waals surface area contributed by atoms with Gasteiger partial charge in [0.2, 0.25) is 0 Å². The van der Waals surface area contributed by atoms with Crippen LogP contribution in [-0.4, -0.2) is 45.2 Å². The molecule has 0 spiro atoms. The largest absolute Gasteiger partial charge is 0.481 e. The molecule has 0 saturated heterocycles. The van der Waals surface area contributed by atoms with Crippen molar-refractivity contribution in [1.82, 2.24) is 0 Å². The Bertz CT molecular complexity index is 899. The maximum atomic E-state index is 12.7. The second-order valence-corrected chi connectivity index (χ2v) is 14.1. The van der Waals surface area contributed by atoms with Gasteiger partial charge in [0.1, 0.15) is 0 Å². The van der Waals surface area contributed by atoms with Crippen molar-refractivity contribution < 1.29 is 25.2 Å². The van der Waals surface area contributed by atoms with Crippen molar-refractivity contribution in [3.63, 3.8) is 0 Å². The highest BCUT2D eigenvalue weighted by molar-refractivity contribution is 5.76. The van der Waals surface area contributed by atoms with Gasteiger partial charge in [-0.25, -0.2) is 0 Å². The maximum Gasteiger partial charge on any atom is 0.310 e. The molecule has 5 aliphatic carbocycles. The first-order valence-corrected chi connectivity index (χ1v) is 13.7. The summed E-state index contributed by atoms with van der Waals surface area (Å²) < 4.78 is 0. The van der Waals surface area contributed by atoms with Crippen LogP contribution in [0.4, 0.5) is 0 Å². The number of fused-ring (bicyclic) bond motifs is 7. The summed E-state index contributed by atoms with van der Waals surface area (Å²) in [5.74, 6) is 0.561. The van der Waals surface area contributed by atoms with E-state index in [4.69, 9.17) is 0 Å². The SMILES string of the molecule is C[C@@H]1CC[C@]2(C(=O)O)CC[C@]3(C)C(=CC[C@@H]4[C@@]5(C)C[C@@H](O)[C@H](O)[C@@](C)(CO)[C@@H]5CC[C@]43C)[C@@H]2C1. The summed E-state index contributed by atoms with van der Waals surface area (Å²) in [6, 6.07) is 0. The zero-order valence-corrected chi connectivity index (χ0v) is 21.8. The number of carboxylic acid groups (broad SMARTS) is 1. The smallest absolute Gasteiger partial charge is 0.310 e. The Kier molecular flexibility index (Phi) is 5.50. The number of aliphatic hydroxyl groups is 3. The van der Waals surface area contributed by atoms with E-state index in [0.29, 0.717) is 18.3 Å². The van der Waals surface area contributed by atoms with E-state index in [1.807, 2.05) is 6.92 Å². The number of allylic oxidation sites excluding steroid dienone is 2. The van der Waals surface area contributed by atoms with Crippen molar-refractivity contribution in [3.05, 3.63) is 11.6 Å².